The van der Waals surface area contributed by atoms with Gasteiger partial charge in [-0.3, -0.25) is 15.6 Å². The third kappa shape index (κ3) is 4.75. The minimum absolute atomic E-state index is 0.143. The zero-order chi connectivity index (χ0) is 19.2. The van der Waals surface area contributed by atoms with E-state index in [9.17, 15) is 4.79 Å². The van der Waals surface area contributed by atoms with Crippen LogP contribution in [0.4, 0.5) is 5.95 Å². The van der Waals surface area contributed by atoms with Crippen molar-refractivity contribution in [3.05, 3.63) is 65.2 Å². The molecule has 0 radical (unpaired) electrons. The van der Waals surface area contributed by atoms with Gasteiger partial charge in [0.05, 0.1) is 7.11 Å². The maximum absolute atomic E-state index is 12.2. The molecule has 3 aromatic rings. The van der Waals surface area contributed by atoms with Crippen LogP contribution in [0.15, 0.2) is 47.0 Å². The Balaban J connectivity index is 1.55. The molecule has 0 spiro atoms. The number of furan rings is 1. The molecule has 2 N–H and O–H groups in total. The number of hydrogen-bond acceptors (Lipinski definition) is 7. The van der Waals surface area contributed by atoms with Crippen LogP contribution < -0.4 is 20.3 Å². The lowest BCUT2D eigenvalue weighted by Crippen LogP contribution is -2.30. The molecule has 0 saturated heterocycles. The van der Waals surface area contributed by atoms with Crippen LogP contribution in [0.5, 0.6) is 11.6 Å². The lowest BCUT2D eigenvalue weighted by molar-refractivity contribution is 0.0930. The fraction of sp³-hybridized carbons (Fsp3) is 0.211. The number of hydrazine groups is 1. The second kappa shape index (κ2) is 8.22. The van der Waals surface area contributed by atoms with Gasteiger partial charge in [-0.2, -0.15) is 4.98 Å². The number of benzene rings is 1. The standard InChI is InChI=1S/C19H20N4O4/c1-12-4-6-15(13(2)10-12)26-11-14-5-7-16(27-14)18(24)22-23-19-20-9-8-17(21-19)25-3/h4-10H,11H2,1-3H3,(H,22,24)(H,20,21,23). The lowest BCUT2D eigenvalue weighted by Gasteiger charge is -2.08. The highest BCUT2D eigenvalue weighted by Crippen LogP contribution is 2.20. The van der Waals surface area contributed by atoms with Crippen molar-refractivity contribution < 1.29 is 18.7 Å². The summed E-state index contributed by atoms with van der Waals surface area (Å²) in [5.41, 5.74) is 7.28. The predicted octanol–water partition coefficient (Wildman–Crippen LogP) is 3.03. The molecule has 0 saturated carbocycles. The van der Waals surface area contributed by atoms with Gasteiger partial charge in [-0.1, -0.05) is 17.7 Å². The second-order valence-electron chi connectivity index (χ2n) is 5.83. The lowest BCUT2D eigenvalue weighted by atomic mass is 10.1. The Morgan fingerprint density at radius 1 is 1.19 bits per heavy atom. The number of nitrogens with one attached hydrogen (secondary N) is 2. The maximum Gasteiger partial charge on any atom is 0.305 e. The van der Waals surface area contributed by atoms with Gasteiger partial charge in [0.15, 0.2) is 5.76 Å². The van der Waals surface area contributed by atoms with Crippen molar-refractivity contribution in [1.82, 2.24) is 15.4 Å². The zero-order valence-corrected chi connectivity index (χ0v) is 15.3. The molecule has 0 bridgehead atoms. The topological polar surface area (TPSA) is 98.5 Å². The molecule has 140 valence electrons. The second-order valence-corrected chi connectivity index (χ2v) is 5.83. The zero-order valence-electron chi connectivity index (χ0n) is 15.3. The van der Waals surface area contributed by atoms with Crippen molar-refractivity contribution in [2.75, 3.05) is 12.5 Å². The number of amides is 1. The third-order valence-corrected chi connectivity index (χ3v) is 3.71. The van der Waals surface area contributed by atoms with Crippen LogP contribution in [0.3, 0.4) is 0 Å². The summed E-state index contributed by atoms with van der Waals surface area (Å²) >= 11 is 0. The number of rotatable bonds is 7. The van der Waals surface area contributed by atoms with Crippen molar-refractivity contribution >= 4 is 11.9 Å². The van der Waals surface area contributed by atoms with Crippen LogP contribution in [-0.2, 0) is 6.61 Å². The van der Waals surface area contributed by atoms with Gasteiger partial charge in [-0.25, -0.2) is 4.98 Å². The number of aromatic nitrogens is 2. The Kier molecular flexibility index (Phi) is 5.55. The summed E-state index contributed by atoms with van der Waals surface area (Å²) < 4.78 is 16.3. The Labute approximate surface area is 156 Å². The van der Waals surface area contributed by atoms with Gasteiger partial charge in [0.25, 0.3) is 0 Å². The van der Waals surface area contributed by atoms with Crippen LogP contribution in [0, 0.1) is 13.8 Å². The van der Waals surface area contributed by atoms with Gasteiger partial charge >= 0.3 is 5.91 Å². The smallest absolute Gasteiger partial charge is 0.305 e. The predicted molar refractivity (Wildman–Crippen MR) is 98.6 cm³/mol. The van der Waals surface area contributed by atoms with Gasteiger partial charge in [0.1, 0.15) is 18.1 Å². The average Bonchev–Trinajstić information content (AvgIpc) is 3.15. The Morgan fingerprint density at radius 2 is 2.04 bits per heavy atom. The van der Waals surface area contributed by atoms with E-state index in [1.54, 1.807) is 18.2 Å². The SMILES string of the molecule is COc1ccnc(NNC(=O)c2ccc(COc3ccc(C)cc3C)o2)n1. The molecule has 1 amide bonds. The van der Waals surface area contributed by atoms with Crippen molar-refractivity contribution in [2.45, 2.75) is 20.5 Å². The Bertz CT molecular complexity index is 939. The van der Waals surface area contributed by atoms with Gasteiger partial charge < -0.3 is 13.9 Å². The van der Waals surface area contributed by atoms with Crippen LogP contribution in [0.1, 0.15) is 27.4 Å². The van der Waals surface area contributed by atoms with Crippen molar-refractivity contribution in [3.63, 3.8) is 0 Å². The van der Waals surface area contributed by atoms with E-state index in [1.807, 2.05) is 32.0 Å². The number of aryl methyl sites for hydroxylation is 2. The average molecular weight is 368 g/mol. The van der Waals surface area contributed by atoms with E-state index >= 15 is 0 Å². The van der Waals surface area contributed by atoms with Crippen molar-refractivity contribution in [3.8, 4) is 11.6 Å². The highest BCUT2D eigenvalue weighted by atomic mass is 16.5. The number of anilines is 1. The third-order valence-electron chi connectivity index (χ3n) is 3.71. The van der Waals surface area contributed by atoms with Crippen molar-refractivity contribution in [1.29, 1.82) is 0 Å². The largest absolute Gasteiger partial charge is 0.485 e. The van der Waals surface area contributed by atoms with Crippen LogP contribution in [0.25, 0.3) is 0 Å². The van der Waals surface area contributed by atoms with Crippen LogP contribution >= 0.6 is 0 Å². The van der Waals surface area contributed by atoms with E-state index < -0.39 is 5.91 Å². The molecule has 2 aromatic heterocycles. The molecule has 8 nitrogen and oxygen atoms in total. The molecule has 2 heterocycles. The minimum atomic E-state index is -0.459. The van der Waals surface area contributed by atoms with Gasteiger partial charge in [-0.15, -0.1) is 0 Å². The summed E-state index contributed by atoms with van der Waals surface area (Å²) in [6.07, 6.45) is 1.51. The van der Waals surface area contributed by atoms with E-state index in [4.69, 9.17) is 13.9 Å². The molecule has 0 atom stereocenters. The summed E-state index contributed by atoms with van der Waals surface area (Å²) in [6.45, 7) is 4.23. The van der Waals surface area contributed by atoms with Crippen LogP contribution in [-0.4, -0.2) is 23.0 Å². The molecule has 8 heteroatoms. The van der Waals surface area contributed by atoms with Gasteiger partial charge in [0.2, 0.25) is 11.8 Å². The molecule has 3 rings (SSSR count). The fourth-order valence-electron chi connectivity index (χ4n) is 2.38. The van der Waals surface area contributed by atoms with Gasteiger partial charge in [-0.05, 0) is 37.6 Å². The molecule has 0 aliphatic carbocycles. The van der Waals surface area contributed by atoms with E-state index in [0.29, 0.717) is 11.6 Å². The summed E-state index contributed by atoms with van der Waals surface area (Å²) in [5, 5.41) is 0. The van der Waals surface area contributed by atoms with Gasteiger partial charge in [0, 0.05) is 12.3 Å². The molecular formula is C19H20N4O4. The molecule has 0 aliphatic heterocycles. The highest BCUT2D eigenvalue weighted by molar-refractivity contribution is 5.92. The quantitative estimate of drug-likeness (QED) is 0.619. The van der Waals surface area contributed by atoms with E-state index in [-0.39, 0.29) is 18.3 Å². The minimum Gasteiger partial charge on any atom is -0.485 e. The van der Waals surface area contributed by atoms with E-state index in [0.717, 1.165) is 11.3 Å². The summed E-state index contributed by atoms with van der Waals surface area (Å²) in [7, 11) is 1.50. The van der Waals surface area contributed by atoms with E-state index in [2.05, 4.69) is 20.8 Å². The summed E-state index contributed by atoms with van der Waals surface area (Å²) in [5.74, 6) is 1.58. The first kappa shape index (κ1) is 18.2. The Hall–Kier alpha value is -3.55. The number of methoxy groups -OCH3 is 1. The van der Waals surface area contributed by atoms with E-state index in [1.165, 1.54) is 18.9 Å². The number of carbonyl (C=O) groups is 1. The number of carbonyl (C=O) groups excluding carboxylic acids is 1. The number of ether oxygens (including phenoxy) is 2. The molecular weight excluding hydrogens is 348 g/mol. The molecule has 0 unspecified atom stereocenters. The first-order valence-electron chi connectivity index (χ1n) is 8.27. The normalized spacial score (nSPS) is 10.3. The molecule has 0 aliphatic rings. The monoisotopic (exact) mass is 368 g/mol. The summed E-state index contributed by atoms with van der Waals surface area (Å²) in [6, 6.07) is 10.8. The summed E-state index contributed by atoms with van der Waals surface area (Å²) in [4.78, 5) is 20.2. The molecule has 0 fully saturated rings. The first-order valence-corrected chi connectivity index (χ1v) is 8.27. The number of hydrogen-bond donors (Lipinski definition) is 2. The highest BCUT2D eigenvalue weighted by Gasteiger charge is 2.12. The Morgan fingerprint density at radius 3 is 2.81 bits per heavy atom. The molecule has 1 aromatic carbocycles. The van der Waals surface area contributed by atoms with Crippen LogP contribution in [0.2, 0.25) is 0 Å². The number of nitrogens with zero attached hydrogens (tertiary/aromatic N) is 2. The van der Waals surface area contributed by atoms with Crippen molar-refractivity contribution in [2.24, 2.45) is 0 Å². The molecule has 27 heavy (non-hydrogen) atoms. The first-order chi connectivity index (χ1) is 13.0. The maximum atomic E-state index is 12.2. The fourth-order valence-corrected chi connectivity index (χ4v) is 2.38.